The van der Waals surface area contributed by atoms with Crippen molar-refractivity contribution < 1.29 is 0 Å². The second kappa shape index (κ2) is 5.40. The zero-order valence-electron chi connectivity index (χ0n) is 11.3. The Bertz CT molecular complexity index is 702. The lowest BCUT2D eigenvalue weighted by atomic mass is 10.00. The highest BCUT2D eigenvalue weighted by Gasteiger charge is 2.15. The maximum absolute atomic E-state index is 5.73. The molecule has 0 bridgehead atoms. The highest BCUT2D eigenvalue weighted by molar-refractivity contribution is 5.53. The fraction of sp³-hybridized carbons (Fsp3) is 0.200. The van der Waals surface area contributed by atoms with Crippen molar-refractivity contribution >= 4 is 5.52 Å². The maximum atomic E-state index is 5.73. The number of hydrazine groups is 1. The molecular weight excluding hydrogens is 250 g/mol. The average molecular weight is 267 g/mol. The maximum Gasteiger partial charge on any atom is 0.0893 e. The minimum absolute atomic E-state index is 0.0133. The van der Waals surface area contributed by atoms with Crippen molar-refractivity contribution in [2.75, 3.05) is 0 Å². The summed E-state index contributed by atoms with van der Waals surface area (Å²) in [4.78, 5) is 4.15. The Morgan fingerprint density at radius 3 is 2.80 bits per heavy atom. The molecule has 3 N–H and O–H groups in total. The summed E-state index contributed by atoms with van der Waals surface area (Å²) in [6.07, 6.45) is 8.01. The van der Waals surface area contributed by atoms with E-state index >= 15 is 0 Å². The first-order valence-corrected chi connectivity index (χ1v) is 6.57. The third-order valence-electron chi connectivity index (χ3n) is 3.49. The van der Waals surface area contributed by atoms with Crippen LogP contribution < -0.4 is 11.3 Å². The van der Waals surface area contributed by atoms with E-state index in [1.54, 1.807) is 6.20 Å². The van der Waals surface area contributed by atoms with Gasteiger partial charge in [-0.15, -0.1) is 0 Å². The van der Waals surface area contributed by atoms with Crippen LogP contribution in [0.15, 0.2) is 49.1 Å². The molecule has 0 fully saturated rings. The van der Waals surface area contributed by atoms with Crippen molar-refractivity contribution in [1.82, 2.24) is 20.0 Å². The van der Waals surface area contributed by atoms with E-state index in [4.69, 9.17) is 5.84 Å². The number of nitrogens with two attached hydrogens (primary N) is 1. The van der Waals surface area contributed by atoms with Gasteiger partial charge in [0.2, 0.25) is 0 Å². The van der Waals surface area contributed by atoms with Crippen LogP contribution in [0.2, 0.25) is 0 Å². The van der Waals surface area contributed by atoms with Crippen molar-refractivity contribution in [2.24, 2.45) is 5.84 Å². The van der Waals surface area contributed by atoms with Crippen LogP contribution in [0.5, 0.6) is 0 Å². The van der Waals surface area contributed by atoms with E-state index in [0.29, 0.717) is 0 Å². The number of benzene rings is 1. The molecule has 1 atom stereocenters. The Hall–Kier alpha value is -2.24. The Labute approximate surface area is 117 Å². The zero-order valence-corrected chi connectivity index (χ0v) is 11.3. The number of fused-ring (bicyclic) bond motifs is 1. The van der Waals surface area contributed by atoms with Gasteiger partial charge in [0.25, 0.3) is 0 Å². The van der Waals surface area contributed by atoms with Gasteiger partial charge < -0.3 is 0 Å². The molecule has 0 saturated heterocycles. The largest absolute Gasteiger partial charge is 0.271 e. The molecule has 20 heavy (non-hydrogen) atoms. The van der Waals surface area contributed by atoms with Crippen LogP contribution in [-0.4, -0.2) is 14.6 Å². The van der Waals surface area contributed by atoms with Gasteiger partial charge in [-0.05, 0) is 18.9 Å². The summed E-state index contributed by atoms with van der Waals surface area (Å²) in [5.74, 6) is 5.73. The van der Waals surface area contributed by atoms with E-state index in [1.807, 2.05) is 23.1 Å². The topological polar surface area (TPSA) is 68.2 Å². The SMILES string of the molecule is Cc1ccc(CC(NN)c2cnn3ccncc23)cc1. The summed E-state index contributed by atoms with van der Waals surface area (Å²) in [6.45, 7) is 2.08. The molecule has 2 heterocycles. The number of rotatable bonds is 4. The molecule has 3 aromatic rings. The van der Waals surface area contributed by atoms with E-state index in [2.05, 4.69) is 46.7 Å². The molecule has 0 spiro atoms. The molecule has 1 unspecified atom stereocenters. The highest BCUT2D eigenvalue weighted by atomic mass is 15.3. The second-order valence-corrected chi connectivity index (χ2v) is 4.92. The molecule has 1 aromatic carbocycles. The quantitative estimate of drug-likeness (QED) is 0.558. The lowest BCUT2D eigenvalue weighted by Crippen LogP contribution is -2.29. The third kappa shape index (κ3) is 2.41. The number of hydrogen-bond donors (Lipinski definition) is 2. The summed E-state index contributed by atoms with van der Waals surface area (Å²) in [5.41, 5.74) is 7.40. The van der Waals surface area contributed by atoms with Crippen molar-refractivity contribution in [3.05, 3.63) is 65.7 Å². The number of nitrogens with one attached hydrogen (secondary N) is 1. The summed E-state index contributed by atoms with van der Waals surface area (Å²) < 4.78 is 1.81. The number of aryl methyl sites for hydroxylation is 1. The smallest absolute Gasteiger partial charge is 0.0893 e. The Kier molecular flexibility index (Phi) is 3.45. The van der Waals surface area contributed by atoms with Crippen LogP contribution in [0, 0.1) is 6.92 Å². The Balaban J connectivity index is 1.91. The van der Waals surface area contributed by atoms with Crippen molar-refractivity contribution in [1.29, 1.82) is 0 Å². The zero-order chi connectivity index (χ0) is 13.9. The molecule has 3 rings (SSSR count). The standard InChI is InChI=1S/C15H17N5/c1-11-2-4-12(5-3-11)8-14(19-16)13-9-18-20-7-6-17-10-15(13)20/h2-7,9-10,14,19H,8,16H2,1H3. The number of aromatic nitrogens is 3. The van der Waals surface area contributed by atoms with E-state index in [9.17, 15) is 0 Å². The van der Waals surface area contributed by atoms with Crippen molar-refractivity contribution in [3.63, 3.8) is 0 Å². The normalized spacial score (nSPS) is 12.7. The molecule has 0 amide bonds. The van der Waals surface area contributed by atoms with Gasteiger partial charge in [-0.1, -0.05) is 29.8 Å². The van der Waals surface area contributed by atoms with Gasteiger partial charge in [0.15, 0.2) is 0 Å². The minimum atomic E-state index is 0.0133. The predicted molar refractivity (Wildman–Crippen MR) is 77.9 cm³/mol. The predicted octanol–water partition coefficient (Wildman–Crippen LogP) is 1.78. The first-order valence-electron chi connectivity index (χ1n) is 6.57. The van der Waals surface area contributed by atoms with Gasteiger partial charge in [0, 0.05) is 18.0 Å². The van der Waals surface area contributed by atoms with Crippen LogP contribution >= 0.6 is 0 Å². The molecule has 2 aromatic heterocycles. The minimum Gasteiger partial charge on any atom is -0.271 e. The molecule has 0 aliphatic heterocycles. The first-order chi connectivity index (χ1) is 9.78. The summed E-state index contributed by atoms with van der Waals surface area (Å²) in [7, 11) is 0. The van der Waals surface area contributed by atoms with Gasteiger partial charge in [0.1, 0.15) is 0 Å². The number of nitrogens with zero attached hydrogens (tertiary/aromatic N) is 3. The van der Waals surface area contributed by atoms with Crippen molar-refractivity contribution in [3.8, 4) is 0 Å². The van der Waals surface area contributed by atoms with E-state index < -0.39 is 0 Å². The van der Waals surface area contributed by atoms with Gasteiger partial charge >= 0.3 is 0 Å². The molecule has 5 nitrogen and oxygen atoms in total. The van der Waals surface area contributed by atoms with Crippen LogP contribution in [0.4, 0.5) is 0 Å². The van der Waals surface area contributed by atoms with Gasteiger partial charge in [-0.2, -0.15) is 5.10 Å². The second-order valence-electron chi connectivity index (χ2n) is 4.92. The molecule has 0 aliphatic carbocycles. The fourth-order valence-corrected chi connectivity index (χ4v) is 2.34. The van der Waals surface area contributed by atoms with E-state index in [1.165, 1.54) is 11.1 Å². The highest BCUT2D eigenvalue weighted by Crippen LogP contribution is 2.21. The van der Waals surface area contributed by atoms with Gasteiger partial charge in [-0.25, -0.2) is 4.52 Å². The third-order valence-corrected chi connectivity index (χ3v) is 3.49. The van der Waals surface area contributed by atoms with Crippen molar-refractivity contribution in [2.45, 2.75) is 19.4 Å². The molecular formula is C15H17N5. The van der Waals surface area contributed by atoms with Crippen LogP contribution in [0.25, 0.3) is 5.52 Å². The first kappa shape index (κ1) is 12.8. The lowest BCUT2D eigenvalue weighted by molar-refractivity contribution is 0.555. The summed E-state index contributed by atoms with van der Waals surface area (Å²) in [5, 5.41) is 4.32. The molecule has 0 radical (unpaired) electrons. The molecule has 102 valence electrons. The average Bonchev–Trinajstić information content (AvgIpc) is 2.91. The summed E-state index contributed by atoms with van der Waals surface area (Å²) in [6, 6.07) is 8.49. The number of hydrogen-bond acceptors (Lipinski definition) is 4. The van der Waals surface area contributed by atoms with Gasteiger partial charge in [0.05, 0.1) is 24.0 Å². The lowest BCUT2D eigenvalue weighted by Gasteiger charge is -2.15. The fourth-order valence-electron chi connectivity index (χ4n) is 2.34. The molecule has 0 aliphatic rings. The van der Waals surface area contributed by atoms with Gasteiger partial charge in [-0.3, -0.25) is 16.3 Å². The Morgan fingerprint density at radius 1 is 1.25 bits per heavy atom. The summed E-state index contributed by atoms with van der Waals surface area (Å²) >= 11 is 0. The molecule has 5 heteroatoms. The van der Waals surface area contributed by atoms with E-state index in [0.717, 1.165) is 17.5 Å². The Morgan fingerprint density at radius 2 is 2.05 bits per heavy atom. The monoisotopic (exact) mass is 267 g/mol. The molecule has 0 saturated carbocycles. The van der Waals surface area contributed by atoms with Crippen LogP contribution in [0.1, 0.15) is 22.7 Å². The van der Waals surface area contributed by atoms with E-state index in [-0.39, 0.29) is 6.04 Å². The van der Waals surface area contributed by atoms with Crippen LogP contribution in [-0.2, 0) is 6.42 Å². The van der Waals surface area contributed by atoms with Crippen LogP contribution in [0.3, 0.4) is 0 Å².